The van der Waals surface area contributed by atoms with Gasteiger partial charge in [-0.2, -0.15) is 0 Å². The van der Waals surface area contributed by atoms with E-state index in [0.717, 1.165) is 5.56 Å². The fourth-order valence-electron chi connectivity index (χ4n) is 1.19. The van der Waals surface area contributed by atoms with Crippen LogP contribution in [0.5, 0.6) is 5.75 Å². The highest BCUT2D eigenvalue weighted by molar-refractivity contribution is 5.85. The van der Waals surface area contributed by atoms with Crippen molar-refractivity contribution >= 4 is 24.6 Å². The third-order valence-electron chi connectivity index (χ3n) is 1.93. The Morgan fingerprint density at radius 1 is 0.938 bits per heavy atom. The number of phenolic OH excluding ortho intramolecular Hbond substituents is 1. The van der Waals surface area contributed by atoms with Gasteiger partial charge in [-0.05, 0) is 24.3 Å². The molecular weight excluding hydrogens is 224 g/mol. The molecular formula is C12H11ClN2O. The van der Waals surface area contributed by atoms with Crippen molar-refractivity contribution in [3.63, 3.8) is 0 Å². The summed E-state index contributed by atoms with van der Waals surface area (Å²) >= 11 is 0. The van der Waals surface area contributed by atoms with Crippen LogP contribution in [0, 0.1) is 0 Å². The summed E-state index contributed by atoms with van der Waals surface area (Å²) in [6.07, 6.45) is 6.90. The van der Waals surface area contributed by atoms with Gasteiger partial charge in [0, 0.05) is 18.0 Å². The first-order valence-electron chi connectivity index (χ1n) is 4.59. The van der Waals surface area contributed by atoms with Gasteiger partial charge in [-0.1, -0.05) is 18.2 Å². The molecule has 0 atom stereocenters. The minimum atomic E-state index is 0. The molecule has 0 spiro atoms. The summed E-state index contributed by atoms with van der Waals surface area (Å²) in [6, 6.07) is 8.88. The van der Waals surface area contributed by atoms with Gasteiger partial charge in [-0.3, -0.25) is 0 Å². The maximum atomic E-state index is 9.50. The van der Waals surface area contributed by atoms with Crippen LogP contribution in [0.25, 0.3) is 12.2 Å². The molecule has 0 aliphatic carbocycles. The first-order chi connectivity index (χ1) is 7.36. The molecule has 0 aliphatic heterocycles. The average molecular weight is 235 g/mol. The van der Waals surface area contributed by atoms with Gasteiger partial charge in [-0.25, -0.2) is 9.97 Å². The van der Waals surface area contributed by atoms with E-state index in [2.05, 4.69) is 9.97 Å². The normalized spacial score (nSPS) is 10.0. The molecule has 0 unspecified atom stereocenters. The van der Waals surface area contributed by atoms with Crippen LogP contribution < -0.4 is 0 Å². The lowest BCUT2D eigenvalue weighted by Gasteiger charge is -1.96. The zero-order valence-corrected chi connectivity index (χ0v) is 9.26. The summed E-state index contributed by atoms with van der Waals surface area (Å²) in [5, 5.41) is 9.50. The van der Waals surface area contributed by atoms with Crippen LogP contribution in [0.15, 0.2) is 42.7 Å². The molecule has 0 saturated carbocycles. The van der Waals surface area contributed by atoms with Gasteiger partial charge in [-0.15, -0.1) is 12.4 Å². The number of hydrogen-bond acceptors (Lipinski definition) is 3. The Balaban J connectivity index is 0.00000128. The van der Waals surface area contributed by atoms with Crippen molar-refractivity contribution < 1.29 is 5.11 Å². The number of hydrogen-bond donors (Lipinski definition) is 1. The van der Waals surface area contributed by atoms with Crippen molar-refractivity contribution in [2.24, 2.45) is 0 Å². The molecule has 1 N–H and O–H groups in total. The minimum absolute atomic E-state index is 0. The van der Waals surface area contributed by atoms with Crippen molar-refractivity contribution in [1.82, 2.24) is 9.97 Å². The van der Waals surface area contributed by atoms with Crippen molar-refractivity contribution in [1.29, 1.82) is 0 Å². The number of halogens is 1. The van der Waals surface area contributed by atoms with Crippen LogP contribution in [-0.2, 0) is 0 Å². The van der Waals surface area contributed by atoms with Crippen LogP contribution in [0.1, 0.15) is 11.4 Å². The predicted molar refractivity (Wildman–Crippen MR) is 66.3 cm³/mol. The second-order valence-corrected chi connectivity index (χ2v) is 3.00. The van der Waals surface area contributed by atoms with E-state index in [-0.39, 0.29) is 18.2 Å². The Hall–Kier alpha value is -1.87. The Labute approximate surface area is 99.9 Å². The van der Waals surface area contributed by atoms with Crippen molar-refractivity contribution in [2.75, 3.05) is 0 Å². The summed E-state index contributed by atoms with van der Waals surface area (Å²) < 4.78 is 0. The number of rotatable bonds is 2. The molecule has 0 aliphatic rings. The van der Waals surface area contributed by atoms with Crippen molar-refractivity contribution in [2.45, 2.75) is 0 Å². The van der Waals surface area contributed by atoms with E-state index < -0.39 is 0 Å². The molecule has 1 aromatic carbocycles. The van der Waals surface area contributed by atoms with Gasteiger partial charge >= 0.3 is 0 Å². The molecule has 0 radical (unpaired) electrons. The number of benzene rings is 1. The standard InChI is InChI=1S/C12H10N2O.ClH/c15-11-5-2-1-4-10(11)6-7-12-13-8-3-9-14-12;/h1-9,15H;1H/b7-6+;. The molecule has 4 heteroatoms. The van der Waals surface area contributed by atoms with Crippen LogP contribution in [0.4, 0.5) is 0 Å². The molecule has 0 amide bonds. The first kappa shape index (κ1) is 12.2. The van der Waals surface area contributed by atoms with Crippen LogP contribution in [-0.4, -0.2) is 15.1 Å². The van der Waals surface area contributed by atoms with Crippen LogP contribution >= 0.6 is 12.4 Å². The number of phenols is 1. The molecule has 0 bridgehead atoms. The largest absolute Gasteiger partial charge is 0.507 e. The first-order valence-corrected chi connectivity index (χ1v) is 4.59. The zero-order valence-electron chi connectivity index (χ0n) is 8.45. The zero-order chi connectivity index (χ0) is 10.5. The lowest BCUT2D eigenvalue weighted by Crippen LogP contribution is -1.82. The van der Waals surface area contributed by atoms with Gasteiger partial charge in [0.1, 0.15) is 5.75 Å². The molecule has 0 fully saturated rings. The topological polar surface area (TPSA) is 46.0 Å². The fourth-order valence-corrected chi connectivity index (χ4v) is 1.19. The summed E-state index contributed by atoms with van der Waals surface area (Å²) in [6.45, 7) is 0. The highest BCUT2D eigenvalue weighted by atomic mass is 35.5. The third kappa shape index (κ3) is 3.07. The SMILES string of the molecule is Cl.Oc1ccccc1/C=C/c1ncccn1. The second-order valence-electron chi connectivity index (χ2n) is 3.00. The monoisotopic (exact) mass is 234 g/mol. The molecule has 2 rings (SSSR count). The highest BCUT2D eigenvalue weighted by Crippen LogP contribution is 2.17. The molecule has 2 aromatic rings. The van der Waals surface area contributed by atoms with E-state index in [0.29, 0.717) is 5.82 Å². The van der Waals surface area contributed by atoms with Gasteiger partial charge in [0.25, 0.3) is 0 Å². The molecule has 3 nitrogen and oxygen atoms in total. The Morgan fingerprint density at radius 2 is 1.62 bits per heavy atom. The van der Waals surface area contributed by atoms with E-state index in [1.54, 1.807) is 42.7 Å². The summed E-state index contributed by atoms with van der Waals surface area (Å²) in [4.78, 5) is 8.09. The van der Waals surface area contributed by atoms with Gasteiger partial charge < -0.3 is 5.11 Å². The summed E-state index contributed by atoms with van der Waals surface area (Å²) in [7, 11) is 0. The van der Waals surface area contributed by atoms with Crippen molar-refractivity contribution in [3.8, 4) is 5.75 Å². The smallest absolute Gasteiger partial charge is 0.151 e. The van der Waals surface area contributed by atoms with E-state index in [1.807, 2.05) is 12.1 Å². The van der Waals surface area contributed by atoms with Gasteiger partial charge in [0.2, 0.25) is 0 Å². The number of aromatic nitrogens is 2. The molecule has 82 valence electrons. The fraction of sp³-hybridized carbons (Fsp3) is 0. The van der Waals surface area contributed by atoms with Crippen LogP contribution in [0.3, 0.4) is 0 Å². The minimum Gasteiger partial charge on any atom is -0.507 e. The van der Waals surface area contributed by atoms with E-state index >= 15 is 0 Å². The van der Waals surface area contributed by atoms with Crippen LogP contribution in [0.2, 0.25) is 0 Å². The predicted octanol–water partition coefficient (Wildman–Crippen LogP) is 2.77. The number of nitrogens with zero attached hydrogens (tertiary/aromatic N) is 2. The molecule has 1 heterocycles. The Kier molecular flexibility index (Phi) is 4.48. The van der Waals surface area contributed by atoms with Gasteiger partial charge in [0.15, 0.2) is 5.82 Å². The number of para-hydroxylation sites is 1. The average Bonchev–Trinajstić information content (AvgIpc) is 2.29. The molecule has 1 aromatic heterocycles. The third-order valence-corrected chi connectivity index (χ3v) is 1.93. The van der Waals surface area contributed by atoms with Gasteiger partial charge in [0.05, 0.1) is 0 Å². The highest BCUT2D eigenvalue weighted by Gasteiger charge is 1.94. The maximum Gasteiger partial charge on any atom is 0.151 e. The molecule has 0 saturated heterocycles. The van der Waals surface area contributed by atoms with E-state index in [9.17, 15) is 5.11 Å². The molecule has 16 heavy (non-hydrogen) atoms. The van der Waals surface area contributed by atoms with E-state index in [4.69, 9.17) is 0 Å². The lowest BCUT2D eigenvalue weighted by atomic mass is 10.2. The maximum absolute atomic E-state index is 9.50. The van der Waals surface area contributed by atoms with Crippen molar-refractivity contribution in [3.05, 3.63) is 54.1 Å². The summed E-state index contributed by atoms with van der Waals surface area (Å²) in [5.41, 5.74) is 0.755. The lowest BCUT2D eigenvalue weighted by molar-refractivity contribution is 0.474. The Morgan fingerprint density at radius 3 is 2.31 bits per heavy atom. The summed E-state index contributed by atoms with van der Waals surface area (Å²) in [5.74, 6) is 0.880. The quantitative estimate of drug-likeness (QED) is 0.869. The number of aromatic hydroxyl groups is 1. The Bertz CT molecular complexity index is 471. The van der Waals surface area contributed by atoms with E-state index in [1.165, 1.54) is 0 Å². The second kappa shape index (κ2) is 5.88.